The van der Waals surface area contributed by atoms with Crippen molar-refractivity contribution in [2.45, 2.75) is 26.4 Å². The molecule has 0 bridgehead atoms. The van der Waals surface area contributed by atoms with Crippen LogP contribution in [0, 0.1) is 13.8 Å². The Hall–Kier alpha value is -3.57. The molecule has 0 aliphatic rings. The molecule has 0 aliphatic carbocycles. The topological polar surface area (TPSA) is 51.0 Å². The van der Waals surface area contributed by atoms with Crippen LogP contribution in [-0.2, 0) is 6.54 Å². The summed E-state index contributed by atoms with van der Waals surface area (Å²) in [5, 5.41) is 0. The Morgan fingerprint density at radius 2 is 1.59 bits per heavy atom. The number of hydrogen-bond donors (Lipinski definition) is 0. The molecular formula is C27H28N4O. The summed E-state index contributed by atoms with van der Waals surface area (Å²) >= 11 is 0. The van der Waals surface area contributed by atoms with Gasteiger partial charge in [0.25, 0.3) is 0 Å². The fraction of sp³-hybridized carbons (Fsp3) is 0.222. The van der Waals surface area contributed by atoms with Crippen LogP contribution in [0.2, 0.25) is 0 Å². The SMILES string of the molecule is Cc1cc(C(=O)CN(C)Cc2cnccn2)c(C)n1C(c1ccccc1)c1ccccc1. The third-order valence-electron chi connectivity index (χ3n) is 5.74. The number of aromatic nitrogens is 3. The molecule has 0 amide bonds. The zero-order valence-corrected chi connectivity index (χ0v) is 18.8. The normalized spacial score (nSPS) is 11.3. The van der Waals surface area contributed by atoms with Gasteiger partial charge >= 0.3 is 0 Å². The van der Waals surface area contributed by atoms with E-state index in [1.165, 1.54) is 11.1 Å². The molecule has 5 nitrogen and oxygen atoms in total. The summed E-state index contributed by atoms with van der Waals surface area (Å²) in [7, 11) is 1.93. The summed E-state index contributed by atoms with van der Waals surface area (Å²) in [6, 6.07) is 22.9. The van der Waals surface area contributed by atoms with Gasteiger partial charge in [0.15, 0.2) is 5.78 Å². The van der Waals surface area contributed by atoms with Crippen LogP contribution in [0.1, 0.15) is 44.6 Å². The molecule has 0 atom stereocenters. The van der Waals surface area contributed by atoms with Gasteiger partial charge in [-0.2, -0.15) is 0 Å². The molecule has 0 radical (unpaired) electrons. The third kappa shape index (κ3) is 4.68. The molecule has 2 aromatic carbocycles. The van der Waals surface area contributed by atoms with Gasteiger partial charge in [-0.15, -0.1) is 0 Å². The lowest BCUT2D eigenvalue weighted by Crippen LogP contribution is -2.26. The van der Waals surface area contributed by atoms with Crippen LogP contribution in [0.3, 0.4) is 0 Å². The Morgan fingerprint density at radius 3 is 2.16 bits per heavy atom. The van der Waals surface area contributed by atoms with Gasteiger partial charge in [-0.25, -0.2) is 0 Å². The fourth-order valence-electron chi connectivity index (χ4n) is 4.29. The van der Waals surface area contributed by atoms with Crippen molar-refractivity contribution in [2.75, 3.05) is 13.6 Å². The van der Waals surface area contributed by atoms with Gasteiger partial charge in [-0.1, -0.05) is 60.7 Å². The van der Waals surface area contributed by atoms with Crippen molar-refractivity contribution in [3.05, 3.63) is 119 Å². The number of likely N-dealkylation sites (N-methyl/N-ethyl adjacent to an activating group) is 1. The van der Waals surface area contributed by atoms with Gasteiger partial charge in [-0.3, -0.25) is 19.7 Å². The average molecular weight is 425 g/mol. The van der Waals surface area contributed by atoms with Gasteiger partial charge in [0.2, 0.25) is 0 Å². The Morgan fingerprint density at radius 1 is 0.969 bits per heavy atom. The van der Waals surface area contributed by atoms with Crippen LogP contribution in [0.25, 0.3) is 0 Å². The van der Waals surface area contributed by atoms with Crippen molar-refractivity contribution in [1.82, 2.24) is 19.4 Å². The maximum atomic E-state index is 13.2. The van der Waals surface area contributed by atoms with E-state index in [9.17, 15) is 4.79 Å². The average Bonchev–Trinajstić information content (AvgIpc) is 3.10. The van der Waals surface area contributed by atoms with Crippen LogP contribution in [0.15, 0.2) is 85.3 Å². The van der Waals surface area contributed by atoms with E-state index < -0.39 is 0 Å². The number of nitrogens with zero attached hydrogens (tertiary/aromatic N) is 4. The quantitative estimate of drug-likeness (QED) is 0.380. The molecule has 0 unspecified atom stereocenters. The molecule has 4 rings (SSSR count). The number of carbonyl (C=O) groups excluding carboxylic acids is 1. The molecule has 0 aliphatic heterocycles. The molecule has 2 heterocycles. The summed E-state index contributed by atoms with van der Waals surface area (Å²) in [4.78, 5) is 23.6. The van der Waals surface area contributed by atoms with Crippen LogP contribution in [0.4, 0.5) is 0 Å². The van der Waals surface area contributed by atoms with Crippen LogP contribution < -0.4 is 0 Å². The highest BCUT2D eigenvalue weighted by Gasteiger charge is 2.24. The first-order valence-electron chi connectivity index (χ1n) is 10.8. The van der Waals surface area contributed by atoms with Crippen molar-refractivity contribution in [3.8, 4) is 0 Å². The molecule has 32 heavy (non-hydrogen) atoms. The molecule has 162 valence electrons. The van der Waals surface area contributed by atoms with Crippen molar-refractivity contribution >= 4 is 5.78 Å². The van der Waals surface area contributed by atoms with Gasteiger partial charge in [0.1, 0.15) is 0 Å². The standard InChI is InChI=1S/C27H28N4O/c1-20-16-25(26(32)19-30(3)18-24-17-28-14-15-29-24)21(2)31(20)27(22-10-6-4-7-11-22)23-12-8-5-9-13-23/h4-17,27H,18-19H2,1-3H3. The number of rotatable bonds is 8. The maximum Gasteiger partial charge on any atom is 0.178 e. The van der Waals surface area contributed by atoms with Crippen LogP contribution in [0.5, 0.6) is 0 Å². The zero-order chi connectivity index (χ0) is 22.5. The molecule has 0 saturated carbocycles. The van der Waals surface area contributed by atoms with E-state index in [1.807, 2.05) is 37.1 Å². The van der Waals surface area contributed by atoms with Crippen molar-refractivity contribution < 1.29 is 4.79 Å². The molecule has 5 heteroatoms. The smallest absolute Gasteiger partial charge is 0.178 e. The van der Waals surface area contributed by atoms with Crippen molar-refractivity contribution in [2.24, 2.45) is 0 Å². The van der Waals surface area contributed by atoms with Gasteiger partial charge < -0.3 is 4.57 Å². The third-order valence-corrected chi connectivity index (χ3v) is 5.74. The number of carbonyl (C=O) groups is 1. The Balaban J connectivity index is 1.64. The van der Waals surface area contributed by atoms with Crippen LogP contribution in [-0.4, -0.2) is 38.8 Å². The second kappa shape index (κ2) is 9.71. The summed E-state index contributed by atoms with van der Waals surface area (Å²) in [6.07, 6.45) is 5.06. The van der Waals surface area contributed by atoms with Crippen molar-refractivity contribution in [1.29, 1.82) is 0 Å². The minimum Gasteiger partial charge on any atom is -0.337 e. The molecule has 0 N–H and O–H groups in total. The minimum absolute atomic E-state index is 0.0104. The first-order valence-corrected chi connectivity index (χ1v) is 10.8. The lowest BCUT2D eigenvalue weighted by molar-refractivity contribution is 0.0941. The number of hydrogen-bond acceptors (Lipinski definition) is 4. The lowest BCUT2D eigenvalue weighted by atomic mass is 9.98. The minimum atomic E-state index is 0.0104. The van der Waals surface area contributed by atoms with E-state index in [4.69, 9.17) is 0 Å². The highest BCUT2D eigenvalue weighted by Crippen LogP contribution is 2.31. The van der Waals surface area contributed by atoms with Gasteiger partial charge in [-0.05, 0) is 38.1 Å². The fourth-order valence-corrected chi connectivity index (χ4v) is 4.29. The Kier molecular flexibility index (Phi) is 6.57. The van der Waals surface area contributed by atoms with E-state index in [0.29, 0.717) is 13.1 Å². The summed E-state index contributed by atoms with van der Waals surface area (Å²) in [6.45, 7) is 5.02. The molecule has 0 saturated heterocycles. The predicted molar refractivity (Wildman–Crippen MR) is 127 cm³/mol. The number of ketones is 1. The zero-order valence-electron chi connectivity index (χ0n) is 18.8. The van der Waals surface area contributed by atoms with Gasteiger partial charge in [0.05, 0.1) is 18.3 Å². The highest BCUT2D eigenvalue weighted by atomic mass is 16.1. The summed E-state index contributed by atoms with van der Waals surface area (Å²) < 4.78 is 2.28. The van der Waals surface area contributed by atoms with Crippen molar-refractivity contribution in [3.63, 3.8) is 0 Å². The largest absolute Gasteiger partial charge is 0.337 e. The van der Waals surface area contributed by atoms with Crippen LogP contribution >= 0.6 is 0 Å². The number of benzene rings is 2. The van der Waals surface area contributed by atoms with E-state index in [2.05, 4.69) is 70.0 Å². The molecule has 2 aromatic heterocycles. The molecule has 0 spiro atoms. The summed E-state index contributed by atoms with van der Waals surface area (Å²) in [5.41, 5.74) is 6.06. The maximum absolute atomic E-state index is 13.2. The number of aryl methyl sites for hydroxylation is 1. The second-order valence-electron chi connectivity index (χ2n) is 8.17. The van der Waals surface area contributed by atoms with Gasteiger partial charge in [0, 0.05) is 42.1 Å². The van der Waals surface area contributed by atoms with E-state index in [-0.39, 0.29) is 11.8 Å². The monoisotopic (exact) mass is 424 g/mol. The first kappa shape index (κ1) is 21.7. The van der Waals surface area contributed by atoms with E-state index in [1.54, 1.807) is 18.6 Å². The Labute approximate surface area is 189 Å². The Bertz CT molecular complexity index is 1130. The second-order valence-corrected chi connectivity index (χ2v) is 8.17. The lowest BCUT2D eigenvalue weighted by Gasteiger charge is -2.24. The molecular weight excluding hydrogens is 396 g/mol. The number of Topliss-reactive ketones (excluding diaryl/α,β-unsaturated/α-hetero) is 1. The molecule has 0 fully saturated rings. The van der Waals surface area contributed by atoms with E-state index >= 15 is 0 Å². The van der Waals surface area contributed by atoms with E-state index in [0.717, 1.165) is 22.6 Å². The molecule has 4 aromatic rings. The first-order chi connectivity index (χ1) is 15.5. The highest BCUT2D eigenvalue weighted by molar-refractivity contribution is 5.99. The predicted octanol–water partition coefficient (Wildman–Crippen LogP) is 4.85. The summed E-state index contributed by atoms with van der Waals surface area (Å²) in [5.74, 6) is 0.107.